The smallest absolute Gasteiger partial charge is 0.243 e. The molecule has 1 fully saturated rings. The molecule has 1 saturated heterocycles. The number of piperidine rings is 1. The largest absolute Gasteiger partial charge is 0.298 e. The Morgan fingerprint density at radius 3 is 2.38 bits per heavy atom. The molecule has 0 amide bonds. The second kappa shape index (κ2) is 6.83. The van der Waals surface area contributed by atoms with Gasteiger partial charge in [-0.05, 0) is 36.6 Å². The first kappa shape index (κ1) is 16.8. The van der Waals surface area contributed by atoms with Crippen molar-refractivity contribution in [3.63, 3.8) is 0 Å². The van der Waals surface area contributed by atoms with Crippen LogP contribution in [0.25, 0.3) is 11.1 Å². The summed E-state index contributed by atoms with van der Waals surface area (Å²) in [5, 5.41) is 0. The van der Waals surface area contributed by atoms with E-state index in [0.29, 0.717) is 30.5 Å². The highest BCUT2D eigenvalue weighted by atomic mass is 32.2. The molecule has 24 heavy (non-hydrogen) atoms. The van der Waals surface area contributed by atoms with Crippen LogP contribution >= 0.6 is 0 Å². The minimum absolute atomic E-state index is 0.0462. The third-order valence-electron chi connectivity index (χ3n) is 4.26. The van der Waals surface area contributed by atoms with Crippen LogP contribution in [0.4, 0.5) is 4.39 Å². The second-order valence-electron chi connectivity index (χ2n) is 5.82. The summed E-state index contributed by atoms with van der Waals surface area (Å²) in [6, 6.07) is 10.7. The van der Waals surface area contributed by atoms with E-state index < -0.39 is 15.8 Å². The SMILES string of the molecule is O=Cc1ccc(-c2ccccc2S(=O)(=O)N2CCCCC2)cc1F. The van der Waals surface area contributed by atoms with E-state index in [1.807, 2.05) is 0 Å². The molecule has 4 nitrogen and oxygen atoms in total. The highest BCUT2D eigenvalue weighted by Gasteiger charge is 2.28. The lowest BCUT2D eigenvalue weighted by molar-refractivity contribution is 0.112. The molecule has 0 radical (unpaired) electrons. The third kappa shape index (κ3) is 3.12. The van der Waals surface area contributed by atoms with Gasteiger partial charge >= 0.3 is 0 Å². The van der Waals surface area contributed by atoms with Gasteiger partial charge in [0.15, 0.2) is 6.29 Å². The van der Waals surface area contributed by atoms with Gasteiger partial charge in [-0.2, -0.15) is 4.31 Å². The molecule has 2 aromatic carbocycles. The molecule has 3 rings (SSSR count). The number of hydrogen-bond acceptors (Lipinski definition) is 3. The standard InChI is InChI=1S/C18H18FNO3S/c19-17-12-14(8-9-15(17)13-21)16-6-2-3-7-18(16)24(22,23)20-10-4-1-5-11-20/h2-3,6-9,12-13H,1,4-5,10-11H2. The summed E-state index contributed by atoms with van der Waals surface area (Å²) in [5.41, 5.74) is 0.837. The van der Waals surface area contributed by atoms with Gasteiger partial charge in [0, 0.05) is 18.7 Å². The number of rotatable bonds is 4. The van der Waals surface area contributed by atoms with Gasteiger partial charge in [-0.25, -0.2) is 12.8 Å². The van der Waals surface area contributed by atoms with Crippen LogP contribution in [0.5, 0.6) is 0 Å². The number of sulfonamides is 1. The van der Waals surface area contributed by atoms with Gasteiger partial charge < -0.3 is 0 Å². The van der Waals surface area contributed by atoms with E-state index in [4.69, 9.17) is 0 Å². The summed E-state index contributed by atoms with van der Waals surface area (Å²) in [5.74, 6) is -0.660. The lowest BCUT2D eigenvalue weighted by Gasteiger charge is -2.26. The summed E-state index contributed by atoms with van der Waals surface area (Å²) >= 11 is 0. The van der Waals surface area contributed by atoms with Crippen molar-refractivity contribution in [1.82, 2.24) is 4.31 Å². The minimum atomic E-state index is -3.63. The molecule has 0 aromatic heterocycles. The lowest BCUT2D eigenvalue weighted by atomic mass is 10.0. The summed E-state index contributed by atoms with van der Waals surface area (Å²) in [7, 11) is -3.63. The number of nitrogens with zero attached hydrogens (tertiary/aromatic N) is 1. The van der Waals surface area contributed by atoms with Crippen LogP contribution < -0.4 is 0 Å². The van der Waals surface area contributed by atoms with Crippen molar-refractivity contribution in [2.24, 2.45) is 0 Å². The number of carbonyl (C=O) groups excluding carboxylic acids is 1. The maximum absolute atomic E-state index is 13.9. The molecule has 6 heteroatoms. The van der Waals surface area contributed by atoms with Gasteiger partial charge in [-0.15, -0.1) is 0 Å². The van der Waals surface area contributed by atoms with Crippen LogP contribution in [-0.4, -0.2) is 32.1 Å². The zero-order valence-corrected chi connectivity index (χ0v) is 13.9. The molecular formula is C18H18FNO3S. The highest BCUT2D eigenvalue weighted by Crippen LogP contribution is 2.31. The molecule has 0 bridgehead atoms. The van der Waals surface area contributed by atoms with Gasteiger partial charge in [-0.1, -0.05) is 30.7 Å². The zero-order valence-electron chi connectivity index (χ0n) is 13.1. The predicted molar refractivity (Wildman–Crippen MR) is 89.8 cm³/mol. The van der Waals surface area contributed by atoms with Gasteiger partial charge in [-0.3, -0.25) is 4.79 Å². The number of carbonyl (C=O) groups is 1. The molecule has 126 valence electrons. The Hall–Kier alpha value is -2.05. The first-order chi connectivity index (χ1) is 11.5. The Bertz CT molecular complexity index is 858. The van der Waals surface area contributed by atoms with Gasteiger partial charge in [0.25, 0.3) is 0 Å². The van der Waals surface area contributed by atoms with E-state index in [0.717, 1.165) is 19.3 Å². The quantitative estimate of drug-likeness (QED) is 0.796. The molecule has 2 aromatic rings. The molecule has 0 aliphatic carbocycles. The number of aldehydes is 1. The Balaban J connectivity index is 2.08. The molecule has 0 saturated carbocycles. The van der Waals surface area contributed by atoms with E-state index in [9.17, 15) is 17.6 Å². The lowest BCUT2D eigenvalue weighted by Crippen LogP contribution is -2.35. The Labute approximate surface area is 141 Å². The molecule has 0 atom stereocenters. The normalized spacial score (nSPS) is 16.0. The van der Waals surface area contributed by atoms with Crippen molar-refractivity contribution >= 4 is 16.3 Å². The summed E-state index contributed by atoms with van der Waals surface area (Å²) in [6.45, 7) is 1.02. The van der Waals surface area contributed by atoms with Crippen molar-refractivity contribution in [2.75, 3.05) is 13.1 Å². The summed E-state index contributed by atoms with van der Waals surface area (Å²) < 4.78 is 41.4. The first-order valence-corrected chi connectivity index (χ1v) is 9.32. The van der Waals surface area contributed by atoms with Gasteiger partial charge in [0.1, 0.15) is 5.82 Å². The van der Waals surface area contributed by atoms with Crippen molar-refractivity contribution < 1.29 is 17.6 Å². The Kier molecular flexibility index (Phi) is 4.78. The highest BCUT2D eigenvalue weighted by molar-refractivity contribution is 7.89. The molecule has 0 spiro atoms. The average molecular weight is 347 g/mol. The van der Waals surface area contributed by atoms with E-state index >= 15 is 0 Å². The maximum Gasteiger partial charge on any atom is 0.243 e. The van der Waals surface area contributed by atoms with Crippen molar-refractivity contribution in [1.29, 1.82) is 0 Å². The summed E-state index contributed by atoms with van der Waals surface area (Å²) in [4.78, 5) is 10.9. The maximum atomic E-state index is 13.9. The summed E-state index contributed by atoms with van der Waals surface area (Å²) in [6.07, 6.45) is 3.18. The topological polar surface area (TPSA) is 54.5 Å². The van der Waals surface area contributed by atoms with Gasteiger partial charge in [0.2, 0.25) is 10.0 Å². The second-order valence-corrected chi connectivity index (χ2v) is 7.72. The van der Waals surface area contributed by atoms with Crippen LogP contribution in [0.15, 0.2) is 47.4 Å². The third-order valence-corrected chi connectivity index (χ3v) is 6.22. The van der Waals surface area contributed by atoms with Crippen molar-refractivity contribution in [2.45, 2.75) is 24.2 Å². The fraction of sp³-hybridized carbons (Fsp3) is 0.278. The molecule has 1 heterocycles. The number of benzene rings is 2. The van der Waals surface area contributed by atoms with E-state index in [1.54, 1.807) is 30.3 Å². The molecule has 1 aliphatic rings. The monoisotopic (exact) mass is 347 g/mol. The fourth-order valence-corrected chi connectivity index (χ4v) is 4.70. The fourth-order valence-electron chi connectivity index (χ4n) is 2.96. The van der Waals surface area contributed by atoms with E-state index in [1.165, 1.54) is 16.4 Å². The average Bonchev–Trinajstić information content (AvgIpc) is 2.62. The predicted octanol–water partition coefficient (Wildman–Crippen LogP) is 3.48. The minimum Gasteiger partial charge on any atom is -0.298 e. The zero-order chi connectivity index (χ0) is 17.2. The van der Waals surface area contributed by atoms with Crippen LogP contribution in [-0.2, 0) is 10.0 Å². The van der Waals surface area contributed by atoms with Gasteiger partial charge in [0.05, 0.1) is 10.5 Å². The number of halogens is 1. The van der Waals surface area contributed by atoms with Crippen LogP contribution in [0, 0.1) is 5.82 Å². The van der Waals surface area contributed by atoms with E-state index in [-0.39, 0.29) is 10.5 Å². The Morgan fingerprint density at radius 2 is 1.71 bits per heavy atom. The van der Waals surface area contributed by atoms with Crippen molar-refractivity contribution in [3.8, 4) is 11.1 Å². The van der Waals surface area contributed by atoms with Crippen LogP contribution in [0.3, 0.4) is 0 Å². The molecule has 0 N–H and O–H groups in total. The van der Waals surface area contributed by atoms with Crippen molar-refractivity contribution in [3.05, 3.63) is 53.8 Å². The molecule has 0 unspecified atom stereocenters. The number of hydrogen-bond donors (Lipinski definition) is 0. The van der Waals surface area contributed by atoms with E-state index in [2.05, 4.69) is 0 Å². The van der Waals surface area contributed by atoms with Crippen LogP contribution in [0.2, 0.25) is 0 Å². The van der Waals surface area contributed by atoms with Crippen LogP contribution in [0.1, 0.15) is 29.6 Å². The molecular weight excluding hydrogens is 329 g/mol. The Morgan fingerprint density at radius 1 is 1.00 bits per heavy atom. The molecule has 1 aliphatic heterocycles. The first-order valence-electron chi connectivity index (χ1n) is 7.88.